The van der Waals surface area contributed by atoms with Crippen LogP contribution >= 0.6 is 9.24 Å². The van der Waals surface area contributed by atoms with E-state index in [2.05, 4.69) is 15.3 Å². The van der Waals surface area contributed by atoms with E-state index in [1.807, 2.05) is 19.9 Å². The highest BCUT2D eigenvalue weighted by Gasteiger charge is 2.00. The molecule has 0 aliphatic heterocycles. The molecule has 0 saturated carbocycles. The minimum Gasteiger partial charge on any atom is -0.349 e. The van der Waals surface area contributed by atoms with Crippen molar-refractivity contribution in [2.24, 2.45) is 0 Å². The Hall–Kier alpha value is 0.0900. The first-order valence-electron chi connectivity index (χ1n) is 4.95. The Morgan fingerprint density at radius 1 is 1.23 bits per heavy atom. The SMILES string of the molecule is CCOC(/C=C\CCCP)OCC. The van der Waals surface area contributed by atoms with Crippen molar-refractivity contribution in [3.63, 3.8) is 0 Å². The molecule has 0 saturated heterocycles. The fraction of sp³-hybridized carbons (Fsp3) is 0.800. The van der Waals surface area contributed by atoms with Crippen LogP contribution in [0.4, 0.5) is 0 Å². The van der Waals surface area contributed by atoms with Gasteiger partial charge in [-0.15, -0.1) is 9.24 Å². The molecule has 0 spiro atoms. The van der Waals surface area contributed by atoms with E-state index in [0.717, 1.165) is 12.6 Å². The molecule has 13 heavy (non-hydrogen) atoms. The number of hydrogen-bond donors (Lipinski definition) is 0. The van der Waals surface area contributed by atoms with Crippen LogP contribution in [0.25, 0.3) is 0 Å². The van der Waals surface area contributed by atoms with Crippen LogP contribution in [-0.2, 0) is 9.47 Å². The van der Waals surface area contributed by atoms with Gasteiger partial charge in [-0.05, 0) is 38.9 Å². The summed E-state index contributed by atoms with van der Waals surface area (Å²) in [4.78, 5) is 0. The van der Waals surface area contributed by atoms with Crippen LogP contribution < -0.4 is 0 Å². The number of ether oxygens (including phenoxy) is 2. The first-order valence-corrected chi connectivity index (χ1v) is 5.76. The molecule has 78 valence electrons. The predicted octanol–water partition coefficient (Wildman–Crippen LogP) is 2.60. The lowest BCUT2D eigenvalue weighted by atomic mass is 10.3. The molecule has 0 fully saturated rings. The Bertz CT molecular complexity index is 120. The maximum atomic E-state index is 5.35. The molecule has 0 aliphatic rings. The zero-order valence-electron chi connectivity index (χ0n) is 8.66. The van der Waals surface area contributed by atoms with Crippen molar-refractivity contribution in [3.8, 4) is 0 Å². The van der Waals surface area contributed by atoms with Gasteiger partial charge in [0.2, 0.25) is 0 Å². The molecule has 0 aromatic heterocycles. The van der Waals surface area contributed by atoms with Crippen LogP contribution in [0.2, 0.25) is 0 Å². The molecule has 0 radical (unpaired) electrons. The van der Waals surface area contributed by atoms with E-state index in [0.29, 0.717) is 13.2 Å². The summed E-state index contributed by atoms with van der Waals surface area (Å²) < 4.78 is 10.7. The minimum absolute atomic E-state index is 0.153. The first kappa shape index (κ1) is 13.1. The lowest BCUT2D eigenvalue weighted by Gasteiger charge is -2.12. The highest BCUT2D eigenvalue weighted by molar-refractivity contribution is 7.16. The second kappa shape index (κ2) is 10.2. The Balaban J connectivity index is 3.58. The third kappa shape index (κ3) is 8.42. The third-order valence-electron chi connectivity index (χ3n) is 1.53. The number of hydrogen-bond acceptors (Lipinski definition) is 2. The van der Waals surface area contributed by atoms with Gasteiger partial charge < -0.3 is 9.47 Å². The van der Waals surface area contributed by atoms with Gasteiger partial charge in [0.15, 0.2) is 6.29 Å². The zero-order chi connectivity index (χ0) is 9.94. The second-order valence-corrected chi connectivity index (χ2v) is 3.22. The number of allylic oxidation sites excluding steroid dienone is 1. The Labute approximate surface area is 83.9 Å². The molecule has 0 heterocycles. The average Bonchev–Trinajstić information content (AvgIpc) is 2.13. The standard InChI is InChI=1S/C10H21O2P/c1-3-11-10(12-4-2)8-6-5-7-9-13/h6,8,10H,3-5,7,9,13H2,1-2H3/b8-6-. The quantitative estimate of drug-likeness (QED) is 0.262. The molecule has 1 unspecified atom stereocenters. The maximum absolute atomic E-state index is 5.35. The third-order valence-corrected chi connectivity index (χ3v) is 1.94. The minimum atomic E-state index is -0.153. The monoisotopic (exact) mass is 204 g/mol. The van der Waals surface area contributed by atoms with Crippen molar-refractivity contribution < 1.29 is 9.47 Å². The summed E-state index contributed by atoms with van der Waals surface area (Å²) in [5.74, 6) is 0. The van der Waals surface area contributed by atoms with E-state index in [1.54, 1.807) is 0 Å². The van der Waals surface area contributed by atoms with Crippen LogP contribution in [0.5, 0.6) is 0 Å². The van der Waals surface area contributed by atoms with Gasteiger partial charge in [0.25, 0.3) is 0 Å². The van der Waals surface area contributed by atoms with Crippen LogP contribution in [0, 0.1) is 0 Å². The molecule has 2 nitrogen and oxygen atoms in total. The molecule has 0 aromatic carbocycles. The summed E-state index contributed by atoms with van der Waals surface area (Å²) in [5.41, 5.74) is 0. The molecule has 1 atom stereocenters. The summed E-state index contributed by atoms with van der Waals surface area (Å²) in [6.07, 6.45) is 7.41. The summed E-state index contributed by atoms with van der Waals surface area (Å²) in [7, 11) is 2.72. The maximum Gasteiger partial charge on any atom is 0.176 e. The van der Waals surface area contributed by atoms with Gasteiger partial charge in [0, 0.05) is 13.2 Å². The van der Waals surface area contributed by atoms with Crippen molar-refractivity contribution in [1.29, 1.82) is 0 Å². The molecular formula is C10H21O2P. The van der Waals surface area contributed by atoms with Crippen molar-refractivity contribution >= 4 is 9.24 Å². The summed E-state index contributed by atoms with van der Waals surface area (Å²) in [6, 6.07) is 0. The van der Waals surface area contributed by atoms with Gasteiger partial charge in [-0.25, -0.2) is 0 Å². The molecule has 3 heteroatoms. The average molecular weight is 204 g/mol. The lowest BCUT2D eigenvalue weighted by molar-refractivity contribution is -0.104. The van der Waals surface area contributed by atoms with E-state index in [1.165, 1.54) is 6.42 Å². The fourth-order valence-electron chi connectivity index (χ4n) is 0.931. The molecule has 0 aromatic rings. The van der Waals surface area contributed by atoms with Crippen LogP contribution in [0.15, 0.2) is 12.2 Å². The zero-order valence-corrected chi connectivity index (χ0v) is 9.82. The topological polar surface area (TPSA) is 18.5 Å². The van der Waals surface area contributed by atoms with Gasteiger partial charge in [-0.2, -0.15) is 0 Å². The van der Waals surface area contributed by atoms with Gasteiger partial charge in [0.05, 0.1) is 0 Å². The molecule has 0 aliphatic carbocycles. The van der Waals surface area contributed by atoms with E-state index >= 15 is 0 Å². The van der Waals surface area contributed by atoms with Crippen molar-refractivity contribution in [1.82, 2.24) is 0 Å². The fourth-order valence-corrected chi connectivity index (χ4v) is 1.17. The Kier molecular flexibility index (Phi) is 10.2. The number of rotatable bonds is 8. The van der Waals surface area contributed by atoms with E-state index in [-0.39, 0.29) is 6.29 Å². The van der Waals surface area contributed by atoms with Gasteiger partial charge in [-0.3, -0.25) is 0 Å². The van der Waals surface area contributed by atoms with E-state index in [9.17, 15) is 0 Å². The van der Waals surface area contributed by atoms with Gasteiger partial charge in [0.1, 0.15) is 0 Å². The summed E-state index contributed by atoms with van der Waals surface area (Å²) >= 11 is 0. The summed E-state index contributed by atoms with van der Waals surface area (Å²) in [6.45, 7) is 5.34. The molecule has 0 rings (SSSR count). The van der Waals surface area contributed by atoms with Crippen molar-refractivity contribution in [2.45, 2.75) is 33.0 Å². The predicted molar refractivity (Wildman–Crippen MR) is 60.0 cm³/mol. The highest BCUT2D eigenvalue weighted by Crippen LogP contribution is 2.01. The van der Waals surface area contributed by atoms with E-state index < -0.39 is 0 Å². The lowest BCUT2D eigenvalue weighted by Crippen LogP contribution is -2.14. The van der Waals surface area contributed by atoms with Crippen LogP contribution in [0.1, 0.15) is 26.7 Å². The molecule has 0 N–H and O–H groups in total. The van der Waals surface area contributed by atoms with Gasteiger partial charge >= 0.3 is 0 Å². The number of unbranched alkanes of at least 4 members (excludes halogenated alkanes) is 1. The van der Waals surface area contributed by atoms with Gasteiger partial charge in [-0.1, -0.05) is 6.08 Å². The highest BCUT2D eigenvalue weighted by atomic mass is 31.0. The van der Waals surface area contributed by atoms with Crippen LogP contribution in [-0.4, -0.2) is 25.7 Å². The molecule has 0 bridgehead atoms. The normalized spacial score (nSPS) is 11.7. The smallest absolute Gasteiger partial charge is 0.176 e. The first-order chi connectivity index (χ1) is 6.35. The summed E-state index contributed by atoms with van der Waals surface area (Å²) in [5, 5.41) is 0. The Morgan fingerprint density at radius 3 is 2.31 bits per heavy atom. The Morgan fingerprint density at radius 2 is 1.85 bits per heavy atom. The van der Waals surface area contributed by atoms with Crippen molar-refractivity contribution in [2.75, 3.05) is 19.4 Å². The molecular weight excluding hydrogens is 183 g/mol. The van der Waals surface area contributed by atoms with Crippen molar-refractivity contribution in [3.05, 3.63) is 12.2 Å². The van der Waals surface area contributed by atoms with Crippen LogP contribution in [0.3, 0.4) is 0 Å². The molecule has 0 amide bonds. The van der Waals surface area contributed by atoms with E-state index in [4.69, 9.17) is 9.47 Å². The largest absolute Gasteiger partial charge is 0.349 e. The second-order valence-electron chi connectivity index (χ2n) is 2.64.